The number of para-hydroxylation sites is 2. The number of anilines is 2. The van der Waals surface area contributed by atoms with Gasteiger partial charge in [-0.1, -0.05) is 17.3 Å². The Labute approximate surface area is 117 Å². The van der Waals surface area contributed by atoms with E-state index >= 15 is 0 Å². The van der Waals surface area contributed by atoms with Crippen molar-refractivity contribution < 1.29 is 9.94 Å². The third-order valence-corrected chi connectivity index (χ3v) is 2.95. The van der Waals surface area contributed by atoms with Gasteiger partial charge in [-0.25, -0.2) is 0 Å². The minimum atomic E-state index is -0.0275. The number of benzene rings is 1. The molecule has 0 fully saturated rings. The zero-order chi connectivity index (χ0) is 14.5. The predicted octanol–water partition coefficient (Wildman–Crippen LogP) is 1.95. The van der Waals surface area contributed by atoms with E-state index < -0.39 is 0 Å². The van der Waals surface area contributed by atoms with Gasteiger partial charge < -0.3 is 20.6 Å². The van der Waals surface area contributed by atoms with E-state index in [4.69, 9.17) is 15.7 Å². The first-order valence-corrected chi connectivity index (χ1v) is 5.98. The summed E-state index contributed by atoms with van der Waals surface area (Å²) in [6.07, 6.45) is 1.61. The van der Waals surface area contributed by atoms with Gasteiger partial charge in [0, 0.05) is 18.9 Å². The average molecular weight is 272 g/mol. The van der Waals surface area contributed by atoms with Crippen molar-refractivity contribution in [1.29, 1.82) is 0 Å². The second kappa shape index (κ2) is 5.92. The third-order valence-electron chi connectivity index (χ3n) is 2.95. The van der Waals surface area contributed by atoms with E-state index in [0.29, 0.717) is 5.69 Å². The first kappa shape index (κ1) is 13.7. The van der Waals surface area contributed by atoms with Crippen molar-refractivity contribution in [2.45, 2.75) is 0 Å². The molecule has 6 heteroatoms. The zero-order valence-corrected chi connectivity index (χ0v) is 11.3. The highest BCUT2D eigenvalue weighted by Gasteiger charge is 2.11. The van der Waals surface area contributed by atoms with Crippen LogP contribution in [0.1, 0.15) is 5.69 Å². The highest BCUT2D eigenvalue weighted by atomic mass is 16.5. The molecule has 2 aromatic rings. The van der Waals surface area contributed by atoms with Gasteiger partial charge in [0.25, 0.3) is 0 Å². The molecule has 3 N–H and O–H groups in total. The number of ether oxygens (including phenoxy) is 1. The van der Waals surface area contributed by atoms with Gasteiger partial charge in [-0.3, -0.25) is 4.98 Å². The summed E-state index contributed by atoms with van der Waals surface area (Å²) in [5.41, 5.74) is 7.72. The summed E-state index contributed by atoms with van der Waals surface area (Å²) in [5, 5.41) is 11.7. The van der Waals surface area contributed by atoms with Crippen molar-refractivity contribution in [3.05, 3.63) is 48.3 Å². The van der Waals surface area contributed by atoms with Gasteiger partial charge in [0.15, 0.2) is 5.84 Å². The molecular weight excluding hydrogens is 256 g/mol. The van der Waals surface area contributed by atoms with Crippen molar-refractivity contribution in [2.75, 3.05) is 19.1 Å². The number of methoxy groups -OCH3 is 1. The minimum Gasteiger partial charge on any atom is -0.495 e. The fraction of sp³-hybridized carbons (Fsp3) is 0.143. The van der Waals surface area contributed by atoms with Crippen molar-refractivity contribution in [3.8, 4) is 5.75 Å². The summed E-state index contributed by atoms with van der Waals surface area (Å²) in [4.78, 5) is 5.99. The monoisotopic (exact) mass is 272 g/mol. The van der Waals surface area contributed by atoms with Crippen LogP contribution in [0.2, 0.25) is 0 Å². The lowest BCUT2D eigenvalue weighted by Crippen LogP contribution is -2.17. The van der Waals surface area contributed by atoms with E-state index in [-0.39, 0.29) is 5.84 Å². The smallest absolute Gasteiger partial charge is 0.188 e. The fourth-order valence-electron chi connectivity index (χ4n) is 1.87. The Balaban J connectivity index is 2.41. The number of pyridine rings is 1. The van der Waals surface area contributed by atoms with Crippen LogP contribution in [-0.2, 0) is 0 Å². The van der Waals surface area contributed by atoms with Crippen molar-refractivity contribution >= 4 is 17.2 Å². The van der Waals surface area contributed by atoms with E-state index in [9.17, 15) is 0 Å². The minimum absolute atomic E-state index is 0.0275. The second-order valence-corrected chi connectivity index (χ2v) is 4.12. The summed E-state index contributed by atoms with van der Waals surface area (Å²) in [6, 6.07) is 11.2. The number of amidine groups is 1. The highest BCUT2D eigenvalue weighted by molar-refractivity contribution is 5.96. The molecule has 0 bridgehead atoms. The third kappa shape index (κ3) is 2.64. The predicted molar refractivity (Wildman–Crippen MR) is 77.8 cm³/mol. The number of nitrogens with two attached hydrogens (primary N) is 1. The lowest BCUT2D eigenvalue weighted by molar-refractivity contribution is 0.318. The average Bonchev–Trinajstić information content (AvgIpc) is 2.53. The Hall–Kier alpha value is -2.76. The molecule has 0 aliphatic carbocycles. The maximum absolute atomic E-state index is 8.71. The van der Waals surface area contributed by atoms with Gasteiger partial charge in [-0.2, -0.15) is 0 Å². The van der Waals surface area contributed by atoms with Crippen LogP contribution in [0.25, 0.3) is 0 Å². The second-order valence-electron chi connectivity index (χ2n) is 4.12. The molecule has 1 heterocycles. The number of hydrogen-bond donors (Lipinski definition) is 2. The van der Waals surface area contributed by atoms with Gasteiger partial charge in [0.2, 0.25) is 0 Å². The topological polar surface area (TPSA) is 84.0 Å². The quantitative estimate of drug-likeness (QED) is 0.384. The molecule has 0 unspecified atom stereocenters. The zero-order valence-electron chi connectivity index (χ0n) is 11.3. The maximum Gasteiger partial charge on any atom is 0.188 e. The van der Waals surface area contributed by atoms with Crippen LogP contribution >= 0.6 is 0 Å². The van der Waals surface area contributed by atoms with E-state index in [1.165, 1.54) is 0 Å². The molecule has 0 saturated carbocycles. The summed E-state index contributed by atoms with van der Waals surface area (Å²) in [7, 11) is 3.53. The normalized spacial score (nSPS) is 11.2. The van der Waals surface area contributed by atoms with Gasteiger partial charge >= 0.3 is 0 Å². The van der Waals surface area contributed by atoms with Crippen LogP contribution in [0.5, 0.6) is 5.75 Å². The first-order valence-electron chi connectivity index (χ1n) is 5.98. The van der Waals surface area contributed by atoms with Crippen LogP contribution < -0.4 is 15.4 Å². The summed E-state index contributed by atoms with van der Waals surface area (Å²) in [5.74, 6) is 0.734. The molecule has 0 amide bonds. The molecule has 0 radical (unpaired) electrons. The molecule has 104 valence electrons. The SMILES string of the molecule is COc1ccccc1N(C)c1ccnc(C(N)=NO)c1. The Kier molecular flexibility index (Phi) is 4.05. The number of nitrogens with zero attached hydrogens (tertiary/aromatic N) is 3. The molecule has 1 aromatic heterocycles. The molecule has 0 saturated heterocycles. The Morgan fingerprint density at radius 3 is 2.80 bits per heavy atom. The van der Waals surface area contributed by atoms with E-state index in [1.807, 2.05) is 42.3 Å². The molecule has 0 aliphatic heterocycles. The van der Waals surface area contributed by atoms with Gasteiger partial charge in [-0.15, -0.1) is 0 Å². The molecule has 6 nitrogen and oxygen atoms in total. The molecule has 0 aliphatic rings. The van der Waals surface area contributed by atoms with Crippen molar-refractivity contribution in [3.63, 3.8) is 0 Å². The van der Waals surface area contributed by atoms with E-state index in [0.717, 1.165) is 17.1 Å². The van der Waals surface area contributed by atoms with Crippen LogP contribution in [0, 0.1) is 0 Å². The summed E-state index contributed by atoms with van der Waals surface area (Å²) >= 11 is 0. The standard InChI is InChI=1S/C14H16N4O2/c1-18(12-5-3-4-6-13(12)20-2)10-7-8-16-11(9-10)14(15)17-19/h3-9,19H,1-2H3,(H2,15,17). The molecule has 1 aromatic carbocycles. The number of hydrogen-bond acceptors (Lipinski definition) is 5. The first-order chi connectivity index (χ1) is 9.67. The summed E-state index contributed by atoms with van der Waals surface area (Å²) < 4.78 is 5.34. The van der Waals surface area contributed by atoms with Crippen molar-refractivity contribution in [1.82, 2.24) is 4.98 Å². The molecule has 2 rings (SSSR count). The van der Waals surface area contributed by atoms with Crippen LogP contribution in [0.15, 0.2) is 47.8 Å². The Morgan fingerprint density at radius 2 is 2.10 bits per heavy atom. The van der Waals surface area contributed by atoms with Crippen LogP contribution in [0.4, 0.5) is 11.4 Å². The van der Waals surface area contributed by atoms with Gasteiger partial charge in [0.05, 0.1) is 12.8 Å². The van der Waals surface area contributed by atoms with E-state index in [1.54, 1.807) is 19.4 Å². The van der Waals surface area contributed by atoms with Crippen LogP contribution in [-0.4, -0.2) is 30.2 Å². The molecule has 0 spiro atoms. The highest BCUT2D eigenvalue weighted by Crippen LogP contribution is 2.31. The lowest BCUT2D eigenvalue weighted by atomic mass is 10.2. The maximum atomic E-state index is 8.71. The number of rotatable bonds is 4. The molecular formula is C14H16N4O2. The Bertz CT molecular complexity index is 628. The summed E-state index contributed by atoms with van der Waals surface area (Å²) in [6.45, 7) is 0. The number of oxime groups is 1. The lowest BCUT2D eigenvalue weighted by Gasteiger charge is -2.22. The number of aromatic nitrogens is 1. The van der Waals surface area contributed by atoms with Crippen LogP contribution in [0.3, 0.4) is 0 Å². The Morgan fingerprint density at radius 1 is 1.35 bits per heavy atom. The van der Waals surface area contributed by atoms with Gasteiger partial charge in [0.1, 0.15) is 11.4 Å². The van der Waals surface area contributed by atoms with Gasteiger partial charge in [-0.05, 0) is 24.3 Å². The largest absolute Gasteiger partial charge is 0.495 e. The van der Waals surface area contributed by atoms with E-state index in [2.05, 4.69) is 10.1 Å². The van der Waals surface area contributed by atoms with Crippen molar-refractivity contribution in [2.24, 2.45) is 10.9 Å². The molecule has 20 heavy (non-hydrogen) atoms. The fourth-order valence-corrected chi connectivity index (χ4v) is 1.87. The molecule has 0 atom stereocenters.